The van der Waals surface area contributed by atoms with Crippen molar-refractivity contribution < 1.29 is 9.53 Å². The molecule has 0 spiro atoms. The molecule has 1 unspecified atom stereocenters. The standard InChI is InChI=1S/C12H23N2O2P/c1-12(2,3)16-11(15)14-6-4-5-10(14)9-7-13(17)8-9/h9-10H,4-8,17H2,1-3H3/t10-/m0/s1. The molecule has 0 aromatic heterocycles. The molecule has 2 fully saturated rings. The van der Waals surface area contributed by atoms with Crippen LogP contribution in [0.5, 0.6) is 0 Å². The molecule has 0 bridgehead atoms. The number of likely N-dealkylation sites (tertiary alicyclic amines) is 1. The van der Waals surface area contributed by atoms with Gasteiger partial charge in [0.15, 0.2) is 0 Å². The van der Waals surface area contributed by atoms with Crippen molar-refractivity contribution in [2.75, 3.05) is 19.6 Å². The fourth-order valence-corrected chi connectivity index (χ4v) is 3.16. The largest absolute Gasteiger partial charge is 0.444 e. The molecule has 0 aromatic carbocycles. The van der Waals surface area contributed by atoms with Gasteiger partial charge in [-0.2, -0.15) is 0 Å². The Bertz CT molecular complexity index is 297. The second-order valence-electron chi connectivity index (χ2n) is 6.10. The summed E-state index contributed by atoms with van der Waals surface area (Å²) >= 11 is 0. The van der Waals surface area contributed by atoms with Crippen LogP contribution < -0.4 is 0 Å². The van der Waals surface area contributed by atoms with Gasteiger partial charge in [0.05, 0.1) is 0 Å². The van der Waals surface area contributed by atoms with Crippen LogP contribution in [0.4, 0.5) is 4.79 Å². The molecule has 2 atom stereocenters. The molecule has 0 radical (unpaired) electrons. The molecule has 2 heterocycles. The summed E-state index contributed by atoms with van der Waals surface area (Å²) in [6.07, 6.45) is 2.10. The highest BCUT2D eigenvalue weighted by Crippen LogP contribution is 2.32. The van der Waals surface area contributed by atoms with Gasteiger partial charge in [-0.25, -0.2) is 4.79 Å². The fraction of sp³-hybridized carbons (Fsp3) is 0.917. The molecule has 5 heteroatoms. The number of nitrogens with zero attached hydrogens (tertiary/aromatic N) is 2. The third kappa shape index (κ3) is 3.11. The molecule has 2 aliphatic rings. The number of hydrogen-bond acceptors (Lipinski definition) is 3. The molecule has 0 aromatic rings. The third-order valence-electron chi connectivity index (χ3n) is 3.41. The van der Waals surface area contributed by atoms with Crippen LogP contribution in [0.15, 0.2) is 0 Å². The number of carbonyl (C=O) groups is 1. The van der Waals surface area contributed by atoms with Crippen molar-refractivity contribution in [3.8, 4) is 0 Å². The van der Waals surface area contributed by atoms with E-state index < -0.39 is 5.60 Å². The van der Waals surface area contributed by atoms with Crippen molar-refractivity contribution in [2.24, 2.45) is 5.92 Å². The highest BCUT2D eigenvalue weighted by Gasteiger charge is 2.40. The smallest absolute Gasteiger partial charge is 0.410 e. The van der Waals surface area contributed by atoms with E-state index in [0.29, 0.717) is 12.0 Å². The van der Waals surface area contributed by atoms with Crippen LogP contribution >= 0.6 is 9.39 Å². The average molecular weight is 258 g/mol. The summed E-state index contributed by atoms with van der Waals surface area (Å²) in [4.78, 5) is 14.0. The molecule has 0 aliphatic carbocycles. The molecule has 4 nitrogen and oxygen atoms in total. The van der Waals surface area contributed by atoms with Crippen molar-refractivity contribution in [1.82, 2.24) is 9.57 Å². The minimum Gasteiger partial charge on any atom is -0.444 e. The van der Waals surface area contributed by atoms with Crippen LogP contribution in [0.2, 0.25) is 0 Å². The van der Waals surface area contributed by atoms with Gasteiger partial charge >= 0.3 is 6.09 Å². The van der Waals surface area contributed by atoms with E-state index in [4.69, 9.17) is 4.74 Å². The summed E-state index contributed by atoms with van der Waals surface area (Å²) in [6.45, 7) is 8.77. The number of ether oxygens (including phenoxy) is 1. The third-order valence-corrected chi connectivity index (χ3v) is 3.83. The Hall–Kier alpha value is -0.340. The van der Waals surface area contributed by atoms with E-state index in [9.17, 15) is 4.79 Å². The topological polar surface area (TPSA) is 32.8 Å². The SMILES string of the molecule is CC(C)(C)OC(=O)N1CCC[C@H]1C1CN(P)C1. The monoisotopic (exact) mass is 258 g/mol. The van der Waals surface area contributed by atoms with Crippen LogP contribution in [-0.2, 0) is 4.74 Å². The van der Waals surface area contributed by atoms with Crippen LogP contribution in [0.1, 0.15) is 33.6 Å². The lowest BCUT2D eigenvalue weighted by Gasteiger charge is -2.42. The van der Waals surface area contributed by atoms with Crippen molar-refractivity contribution in [1.29, 1.82) is 0 Å². The van der Waals surface area contributed by atoms with E-state index in [-0.39, 0.29) is 6.09 Å². The van der Waals surface area contributed by atoms with Crippen LogP contribution in [0, 0.1) is 5.92 Å². The molecule has 2 saturated heterocycles. The van der Waals surface area contributed by atoms with E-state index in [1.165, 1.54) is 0 Å². The molecule has 17 heavy (non-hydrogen) atoms. The highest BCUT2D eigenvalue weighted by atomic mass is 31.0. The van der Waals surface area contributed by atoms with Gasteiger partial charge in [-0.05, 0) is 33.6 Å². The number of carbonyl (C=O) groups excluding carboxylic acids is 1. The first-order valence-corrected chi connectivity index (χ1v) is 6.88. The number of hydrogen-bond donors (Lipinski definition) is 0. The Kier molecular flexibility index (Phi) is 3.65. The van der Waals surface area contributed by atoms with Gasteiger partial charge in [-0.15, -0.1) is 0 Å². The Labute approximate surface area is 106 Å². The maximum absolute atomic E-state index is 12.1. The van der Waals surface area contributed by atoms with Crippen molar-refractivity contribution in [2.45, 2.75) is 45.3 Å². The molecule has 1 amide bonds. The molecule has 98 valence electrons. The maximum Gasteiger partial charge on any atom is 0.410 e. The van der Waals surface area contributed by atoms with Crippen molar-refractivity contribution >= 4 is 15.5 Å². The predicted octanol–water partition coefficient (Wildman–Crippen LogP) is 2.11. The highest BCUT2D eigenvalue weighted by molar-refractivity contribution is 7.13. The summed E-state index contributed by atoms with van der Waals surface area (Å²) in [5.41, 5.74) is -0.392. The lowest BCUT2D eigenvalue weighted by molar-refractivity contribution is 0.0100. The van der Waals surface area contributed by atoms with Gasteiger partial charge in [-0.1, -0.05) is 9.39 Å². The zero-order valence-electron chi connectivity index (χ0n) is 11.0. The van der Waals surface area contributed by atoms with Gasteiger partial charge in [0, 0.05) is 31.6 Å². The molecule has 0 N–H and O–H groups in total. The van der Waals surface area contributed by atoms with E-state index in [1.54, 1.807) is 0 Å². The van der Waals surface area contributed by atoms with Gasteiger partial charge in [0.2, 0.25) is 0 Å². The quantitative estimate of drug-likeness (QED) is 0.675. The lowest BCUT2D eigenvalue weighted by atomic mass is 9.92. The lowest BCUT2D eigenvalue weighted by Crippen LogP contribution is -2.53. The molecule has 2 aliphatic heterocycles. The average Bonchev–Trinajstić information content (AvgIpc) is 2.57. The zero-order chi connectivity index (χ0) is 12.6. The minimum atomic E-state index is -0.392. The van der Waals surface area contributed by atoms with E-state index in [0.717, 1.165) is 32.5 Å². The Balaban J connectivity index is 1.93. The second-order valence-corrected chi connectivity index (χ2v) is 6.83. The van der Waals surface area contributed by atoms with Crippen LogP contribution in [0.25, 0.3) is 0 Å². The number of amides is 1. The van der Waals surface area contributed by atoms with E-state index >= 15 is 0 Å². The summed E-state index contributed by atoms with van der Waals surface area (Å²) in [7, 11) is 2.72. The molecular weight excluding hydrogens is 235 g/mol. The summed E-state index contributed by atoms with van der Waals surface area (Å²) in [6, 6.07) is 0.390. The Morgan fingerprint density at radius 2 is 2.00 bits per heavy atom. The van der Waals surface area contributed by atoms with Gasteiger partial charge < -0.3 is 9.64 Å². The number of rotatable bonds is 1. The summed E-state index contributed by atoms with van der Waals surface area (Å²) in [5, 5.41) is 0. The maximum atomic E-state index is 12.1. The Morgan fingerprint density at radius 3 is 2.53 bits per heavy atom. The zero-order valence-corrected chi connectivity index (χ0v) is 12.1. The first-order chi connectivity index (χ1) is 7.87. The van der Waals surface area contributed by atoms with Crippen molar-refractivity contribution in [3.05, 3.63) is 0 Å². The molecule has 0 saturated carbocycles. The first kappa shape index (κ1) is 13.1. The second kappa shape index (κ2) is 4.74. The minimum absolute atomic E-state index is 0.137. The van der Waals surface area contributed by atoms with Gasteiger partial charge in [0.1, 0.15) is 5.60 Å². The van der Waals surface area contributed by atoms with Gasteiger partial charge in [0.25, 0.3) is 0 Å². The molecular formula is C12H23N2O2P. The van der Waals surface area contributed by atoms with E-state index in [1.807, 2.05) is 25.7 Å². The normalized spacial score (nSPS) is 27.1. The summed E-state index contributed by atoms with van der Waals surface area (Å²) < 4.78 is 7.68. The van der Waals surface area contributed by atoms with Gasteiger partial charge in [-0.3, -0.25) is 4.67 Å². The molecule has 2 rings (SSSR count). The first-order valence-electron chi connectivity index (χ1n) is 6.36. The summed E-state index contributed by atoms with van der Waals surface area (Å²) in [5.74, 6) is 0.627. The van der Waals surface area contributed by atoms with E-state index in [2.05, 4.69) is 14.1 Å². The van der Waals surface area contributed by atoms with Crippen molar-refractivity contribution in [3.63, 3.8) is 0 Å². The Morgan fingerprint density at radius 1 is 1.35 bits per heavy atom. The predicted molar refractivity (Wildman–Crippen MR) is 70.7 cm³/mol. The fourth-order valence-electron chi connectivity index (χ4n) is 2.62. The van der Waals surface area contributed by atoms with Crippen LogP contribution in [-0.4, -0.2) is 46.9 Å². The van der Waals surface area contributed by atoms with Crippen LogP contribution in [0.3, 0.4) is 0 Å².